The fourth-order valence-electron chi connectivity index (χ4n) is 3.00. The highest BCUT2D eigenvalue weighted by molar-refractivity contribution is 7.89. The molecule has 2 aliphatic rings. The lowest BCUT2D eigenvalue weighted by Gasteiger charge is -2.22. The molecule has 0 unspecified atom stereocenters. The molecule has 2 fully saturated rings. The molecule has 2 heterocycles. The quantitative estimate of drug-likeness (QED) is 0.888. The summed E-state index contributed by atoms with van der Waals surface area (Å²) >= 11 is 0. The van der Waals surface area contributed by atoms with Crippen LogP contribution in [-0.4, -0.2) is 38.9 Å². The average Bonchev–Trinajstić information content (AvgIpc) is 3.01. The lowest BCUT2D eigenvalue weighted by atomic mass is 9.87. The highest BCUT2D eigenvalue weighted by atomic mass is 32.2. The number of sulfonamides is 1. The van der Waals surface area contributed by atoms with E-state index < -0.39 is 15.8 Å². The van der Waals surface area contributed by atoms with E-state index in [0.717, 1.165) is 25.9 Å². The van der Waals surface area contributed by atoms with Crippen LogP contribution in [0.2, 0.25) is 0 Å². The molecule has 0 saturated carbocycles. The summed E-state index contributed by atoms with van der Waals surface area (Å²) in [4.78, 5) is 0.178. The van der Waals surface area contributed by atoms with Gasteiger partial charge in [0.1, 0.15) is 5.82 Å². The second-order valence-corrected chi connectivity index (χ2v) is 7.41. The molecule has 0 amide bonds. The number of nitrogens with one attached hydrogen (secondary N) is 1. The van der Waals surface area contributed by atoms with Crippen molar-refractivity contribution in [2.75, 3.05) is 26.2 Å². The third kappa shape index (κ3) is 2.28. The van der Waals surface area contributed by atoms with E-state index in [1.807, 2.05) is 0 Å². The van der Waals surface area contributed by atoms with Crippen molar-refractivity contribution in [1.29, 1.82) is 0 Å². The molecule has 4 nitrogen and oxygen atoms in total. The lowest BCUT2D eigenvalue weighted by Crippen LogP contribution is -2.33. The Hall–Kier alpha value is -0.980. The summed E-state index contributed by atoms with van der Waals surface area (Å²) < 4.78 is 39.3. The van der Waals surface area contributed by atoms with Gasteiger partial charge >= 0.3 is 0 Å². The monoisotopic (exact) mass is 284 g/mol. The van der Waals surface area contributed by atoms with Crippen LogP contribution in [0.15, 0.2) is 29.2 Å². The smallest absolute Gasteiger partial charge is 0.243 e. The van der Waals surface area contributed by atoms with Gasteiger partial charge in [-0.1, -0.05) is 0 Å². The normalized spacial score (nSPS) is 28.3. The number of rotatable bonds is 2. The van der Waals surface area contributed by atoms with E-state index in [1.54, 1.807) is 0 Å². The van der Waals surface area contributed by atoms with E-state index in [2.05, 4.69) is 5.32 Å². The summed E-state index contributed by atoms with van der Waals surface area (Å²) in [5.74, 6) is -0.420. The molecule has 1 aromatic rings. The van der Waals surface area contributed by atoms with Crippen LogP contribution in [0.1, 0.15) is 12.8 Å². The minimum absolute atomic E-state index is 0.104. The summed E-state index contributed by atoms with van der Waals surface area (Å²) in [7, 11) is -3.48. The van der Waals surface area contributed by atoms with Crippen molar-refractivity contribution >= 4 is 10.0 Å². The molecule has 1 N–H and O–H groups in total. The minimum atomic E-state index is -3.48. The van der Waals surface area contributed by atoms with Crippen LogP contribution >= 0.6 is 0 Å². The molecular formula is C13H17FN2O2S. The first-order chi connectivity index (χ1) is 9.02. The van der Waals surface area contributed by atoms with Crippen LogP contribution in [0.5, 0.6) is 0 Å². The van der Waals surface area contributed by atoms with Gasteiger partial charge in [0.15, 0.2) is 0 Å². The molecule has 6 heteroatoms. The van der Waals surface area contributed by atoms with Crippen molar-refractivity contribution in [3.63, 3.8) is 0 Å². The molecule has 19 heavy (non-hydrogen) atoms. The zero-order valence-corrected chi connectivity index (χ0v) is 11.4. The molecule has 1 atom stereocenters. The fourth-order valence-corrected chi connectivity index (χ4v) is 4.55. The van der Waals surface area contributed by atoms with E-state index in [-0.39, 0.29) is 10.3 Å². The molecule has 0 bridgehead atoms. The number of nitrogens with zero attached hydrogens (tertiary/aromatic N) is 1. The predicted octanol–water partition coefficient (Wildman–Crippen LogP) is 1.20. The Kier molecular flexibility index (Phi) is 3.11. The Morgan fingerprint density at radius 3 is 2.58 bits per heavy atom. The standard InChI is InChI=1S/C13H17FN2O2S/c14-11-1-3-12(4-2-11)19(17,18)16-8-6-13(10-16)5-7-15-9-13/h1-4,15H,5-10H2/t13-/m0/s1. The third-order valence-electron chi connectivity index (χ3n) is 4.19. The first-order valence-electron chi connectivity index (χ1n) is 6.48. The van der Waals surface area contributed by atoms with Crippen molar-refractivity contribution in [2.24, 2.45) is 5.41 Å². The van der Waals surface area contributed by atoms with Gasteiger partial charge in [0.05, 0.1) is 4.90 Å². The molecular weight excluding hydrogens is 267 g/mol. The predicted molar refractivity (Wildman–Crippen MR) is 69.7 cm³/mol. The molecule has 2 saturated heterocycles. The minimum Gasteiger partial charge on any atom is -0.316 e. The van der Waals surface area contributed by atoms with E-state index >= 15 is 0 Å². The Morgan fingerprint density at radius 2 is 1.95 bits per heavy atom. The van der Waals surface area contributed by atoms with Crippen molar-refractivity contribution in [1.82, 2.24) is 9.62 Å². The fraction of sp³-hybridized carbons (Fsp3) is 0.538. The maximum atomic E-state index is 12.9. The van der Waals surface area contributed by atoms with Crippen LogP contribution in [0.25, 0.3) is 0 Å². The van der Waals surface area contributed by atoms with Crippen LogP contribution in [0, 0.1) is 11.2 Å². The van der Waals surface area contributed by atoms with Crippen LogP contribution in [0.4, 0.5) is 4.39 Å². The molecule has 104 valence electrons. The van der Waals surface area contributed by atoms with Crippen molar-refractivity contribution in [3.05, 3.63) is 30.1 Å². The number of hydrogen-bond acceptors (Lipinski definition) is 3. The van der Waals surface area contributed by atoms with Crippen LogP contribution < -0.4 is 5.32 Å². The van der Waals surface area contributed by atoms with E-state index in [0.29, 0.717) is 13.1 Å². The summed E-state index contributed by atoms with van der Waals surface area (Å²) in [6.45, 7) is 2.98. The van der Waals surface area contributed by atoms with E-state index in [4.69, 9.17) is 0 Å². The van der Waals surface area contributed by atoms with E-state index in [1.165, 1.54) is 28.6 Å². The van der Waals surface area contributed by atoms with Crippen molar-refractivity contribution < 1.29 is 12.8 Å². The maximum absolute atomic E-state index is 12.9. The molecule has 0 radical (unpaired) electrons. The van der Waals surface area contributed by atoms with Gasteiger partial charge in [-0.05, 0) is 49.1 Å². The molecule has 3 rings (SSSR count). The average molecular weight is 284 g/mol. The Balaban J connectivity index is 1.84. The van der Waals surface area contributed by atoms with Crippen LogP contribution in [0.3, 0.4) is 0 Å². The topological polar surface area (TPSA) is 49.4 Å². The summed E-state index contributed by atoms with van der Waals surface area (Å²) in [6.07, 6.45) is 1.93. The molecule has 1 aromatic carbocycles. The Morgan fingerprint density at radius 1 is 1.21 bits per heavy atom. The maximum Gasteiger partial charge on any atom is 0.243 e. The van der Waals surface area contributed by atoms with Gasteiger partial charge in [0, 0.05) is 19.6 Å². The SMILES string of the molecule is O=S(=O)(c1ccc(F)cc1)N1CC[C@]2(CCNC2)C1. The summed E-state index contributed by atoms with van der Waals surface area (Å²) in [6, 6.07) is 5.05. The number of hydrogen-bond donors (Lipinski definition) is 1. The number of halogens is 1. The molecule has 2 aliphatic heterocycles. The summed E-state index contributed by atoms with van der Waals surface area (Å²) in [5.41, 5.74) is 0.104. The van der Waals surface area contributed by atoms with Gasteiger partial charge in [-0.3, -0.25) is 0 Å². The van der Waals surface area contributed by atoms with Gasteiger partial charge in [0.2, 0.25) is 10.0 Å². The highest BCUT2D eigenvalue weighted by Gasteiger charge is 2.44. The molecule has 0 aromatic heterocycles. The van der Waals surface area contributed by atoms with Gasteiger partial charge in [-0.25, -0.2) is 12.8 Å². The van der Waals surface area contributed by atoms with Crippen LogP contribution in [-0.2, 0) is 10.0 Å². The Labute approximate surface area is 112 Å². The molecule has 1 spiro atoms. The van der Waals surface area contributed by atoms with Gasteiger partial charge in [-0.15, -0.1) is 0 Å². The first kappa shape index (κ1) is 13.0. The Bertz CT molecular complexity index is 565. The zero-order chi connectivity index (χ0) is 13.5. The largest absolute Gasteiger partial charge is 0.316 e. The van der Waals surface area contributed by atoms with Gasteiger partial charge in [0.25, 0.3) is 0 Å². The molecule has 0 aliphatic carbocycles. The lowest BCUT2D eigenvalue weighted by molar-refractivity contribution is 0.338. The summed E-state index contributed by atoms with van der Waals surface area (Å²) in [5, 5.41) is 3.30. The van der Waals surface area contributed by atoms with E-state index in [9.17, 15) is 12.8 Å². The first-order valence-corrected chi connectivity index (χ1v) is 7.92. The zero-order valence-electron chi connectivity index (χ0n) is 10.6. The second-order valence-electron chi connectivity index (χ2n) is 5.47. The van der Waals surface area contributed by atoms with Gasteiger partial charge in [-0.2, -0.15) is 4.31 Å². The van der Waals surface area contributed by atoms with Gasteiger partial charge < -0.3 is 5.32 Å². The third-order valence-corrected chi connectivity index (χ3v) is 6.05. The highest BCUT2D eigenvalue weighted by Crippen LogP contribution is 2.38. The van der Waals surface area contributed by atoms with Crippen molar-refractivity contribution in [3.8, 4) is 0 Å². The second kappa shape index (κ2) is 4.54. The number of benzene rings is 1. The van der Waals surface area contributed by atoms with Crippen molar-refractivity contribution in [2.45, 2.75) is 17.7 Å².